The van der Waals surface area contributed by atoms with Crippen LogP contribution in [0.5, 0.6) is 5.75 Å². The minimum atomic E-state index is -1.14. The van der Waals surface area contributed by atoms with E-state index in [1.807, 2.05) is 31.2 Å². The molecule has 1 aromatic heterocycles. The molecular formula is C13H20N4OSSi. The van der Waals surface area contributed by atoms with Crippen molar-refractivity contribution in [2.45, 2.75) is 31.7 Å². The number of para-hydroxylation sites is 2. The minimum Gasteiger partial charge on any atom is -0.492 e. The van der Waals surface area contributed by atoms with Crippen molar-refractivity contribution in [1.82, 2.24) is 20.2 Å². The van der Waals surface area contributed by atoms with Crippen LogP contribution in [-0.4, -0.2) is 40.3 Å². The highest BCUT2D eigenvalue weighted by Gasteiger charge is 2.18. The van der Waals surface area contributed by atoms with Gasteiger partial charge in [-0.25, -0.2) is 0 Å². The van der Waals surface area contributed by atoms with E-state index in [2.05, 4.69) is 35.2 Å². The van der Waals surface area contributed by atoms with Crippen molar-refractivity contribution in [1.29, 1.82) is 0 Å². The van der Waals surface area contributed by atoms with Crippen molar-refractivity contribution in [3.63, 3.8) is 0 Å². The molecule has 0 saturated carbocycles. The molecule has 0 radical (unpaired) electrons. The van der Waals surface area contributed by atoms with E-state index in [0.29, 0.717) is 6.61 Å². The first-order valence-corrected chi connectivity index (χ1v) is 11.3. The zero-order valence-electron chi connectivity index (χ0n) is 12.3. The molecule has 0 unspecified atom stereocenters. The summed E-state index contributed by atoms with van der Waals surface area (Å²) in [5.41, 5.74) is 0.887. The van der Waals surface area contributed by atoms with Crippen LogP contribution < -0.4 is 4.74 Å². The van der Waals surface area contributed by atoms with Gasteiger partial charge in [0, 0.05) is 0 Å². The van der Waals surface area contributed by atoms with Crippen LogP contribution in [0.4, 0.5) is 0 Å². The fourth-order valence-corrected chi connectivity index (χ4v) is 4.21. The van der Waals surface area contributed by atoms with Gasteiger partial charge in [-0.3, -0.25) is 0 Å². The third-order valence-corrected chi connectivity index (χ3v) is 7.02. The Labute approximate surface area is 124 Å². The van der Waals surface area contributed by atoms with E-state index in [-0.39, 0.29) is 0 Å². The van der Waals surface area contributed by atoms with Gasteiger partial charge in [0.15, 0.2) is 0 Å². The monoisotopic (exact) mass is 308 g/mol. The molecule has 0 aliphatic heterocycles. The first-order chi connectivity index (χ1) is 9.51. The first-order valence-electron chi connectivity index (χ1n) is 6.64. The summed E-state index contributed by atoms with van der Waals surface area (Å²) in [5.74, 6) is 0.803. The van der Waals surface area contributed by atoms with Gasteiger partial charge in [-0.1, -0.05) is 43.5 Å². The Hall–Kier alpha value is -1.34. The second-order valence-electron chi connectivity index (χ2n) is 5.62. The molecule has 108 valence electrons. The molecule has 0 aliphatic rings. The summed E-state index contributed by atoms with van der Waals surface area (Å²) in [4.78, 5) is 0. The lowest BCUT2D eigenvalue weighted by Gasteiger charge is -2.15. The van der Waals surface area contributed by atoms with Gasteiger partial charge in [-0.05, 0) is 34.9 Å². The van der Waals surface area contributed by atoms with Crippen molar-refractivity contribution in [3.8, 4) is 11.4 Å². The number of hydrogen-bond acceptors (Lipinski definition) is 5. The Balaban J connectivity index is 2.28. The standard InChI is InChI=1S/C13H20N4OSSi/c1-5-18-12-9-7-6-8-11(12)17-13(14-15-16-17)19-10-20(2,3)4/h6-9H,5,10H2,1-4H3. The van der Waals surface area contributed by atoms with Crippen LogP contribution in [0.25, 0.3) is 5.69 Å². The summed E-state index contributed by atoms with van der Waals surface area (Å²) in [5, 5.41) is 13.9. The number of thioether (sulfide) groups is 1. The maximum atomic E-state index is 5.64. The highest BCUT2D eigenvalue weighted by molar-refractivity contribution is 8.00. The van der Waals surface area contributed by atoms with Crippen LogP contribution in [0.2, 0.25) is 19.6 Å². The van der Waals surface area contributed by atoms with Gasteiger partial charge >= 0.3 is 0 Å². The molecule has 0 spiro atoms. The molecule has 0 atom stereocenters. The summed E-state index contributed by atoms with van der Waals surface area (Å²) in [6.45, 7) is 9.60. The molecule has 2 aromatic rings. The number of nitrogens with zero attached hydrogens (tertiary/aromatic N) is 4. The molecule has 0 N–H and O–H groups in total. The van der Waals surface area contributed by atoms with E-state index < -0.39 is 8.07 Å². The van der Waals surface area contributed by atoms with E-state index in [4.69, 9.17) is 4.74 Å². The molecule has 2 rings (SSSR count). The number of ether oxygens (including phenoxy) is 1. The fraction of sp³-hybridized carbons (Fsp3) is 0.462. The van der Waals surface area contributed by atoms with Crippen molar-refractivity contribution in [2.75, 3.05) is 12.0 Å². The Morgan fingerprint density at radius 3 is 2.70 bits per heavy atom. The van der Waals surface area contributed by atoms with Crippen LogP contribution in [-0.2, 0) is 0 Å². The Kier molecular flexibility index (Phi) is 4.82. The largest absolute Gasteiger partial charge is 0.492 e. The SMILES string of the molecule is CCOc1ccccc1-n1nnnc1SC[Si](C)(C)C. The lowest BCUT2D eigenvalue weighted by atomic mass is 10.3. The van der Waals surface area contributed by atoms with Gasteiger partial charge in [0.05, 0.1) is 14.7 Å². The van der Waals surface area contributed by atoms with Gasteiger partial charge in [-0.15, -0.1) is 5.10 Å². The topological polar surface area (TPSA) is 52.8 Å². The van der Waals surface area contributed by atoms with Crippen LogP contribution in [0.1, 0.15) is 6.92 Å². The second kappa shape index (κ2) is 6.40. The van der Waals surface area contributed by atoms with Gasteiger partial charge in [0.2, 0.25) is 5.16 Å². The first kappa shape index (κ1) is 15.1. The van der Waals surface area contributed by atoms with Crippen molar-refractivity contribution >= 4 is 19.8 Å². The number of aromatic nitrogens is 4. The van der Waals surface area contributed by atoms with Gasteiger partial charge < -0.3 is 4.74 Å². The second-order valence-corrected chi connectivity index (χ2v) is 12.6. The molecule has 0 fully saturated rings. The van der Waals surface area contributed by atoms with Crippen LogP contribution in [0, 0.1) is 0 Å². The van der Waals surface area contributed by atoms with Gasteiger partial charge in [0.1, 0.15) is 11.4 Å². The third kappa shape index (κ3) is 3.83. The van der Waals surface area contributed by atoms with Gasteiger partial charge in [-0.2, -0.15) is 4.68 Å². The normalized spacial score (nSPS) is 11.6. The Morgan fingerprint density at radius 2 is 2.00 bits per heavy atom. The Bertz CT molecular complexity index is 567. The molecule has 1 aromatic carbocycles. The highest BCUT2D eigenvalue weighted by Crippen LogP contribution is 2.27. The molecule has 7 heteroatoms. The number of rotatable bonds is 6. The van der Waals surface area contributed by atoms with Crippen molar-refractivity contribution in [2.24, 2.45) is 0 Å². The molecule has 1 heterocycles. The molecular weight excluding hydrogens is 288 g/mol. The minimum absolute atomic E-state index is 0.622. The maximum absolute atomic E-state index is 5.64. The fourth-order valence-electron chi connectivity index (χ4n) is 1.61. The number of benzene rings is 1. The van der Waals surface area contributed by atoms with Crippen LogP contribution in [0.3, 0.4) is 0 Å². The molecule has 0 amide bonds. The molecule has 20 heavy (non-hydrogen) atoms. The quantitative estimate of drug-likeness (QED) is 0.606. The summed E-state index contributed by atoms with van der Waals surface area (Å²) in [6, 6.07) is 7.83. The van der Waals surface area contributed by atoms with E-state index in [1.165, 1.54) is 0 Å². The van der Waals surface area contributed by atoms with E-state index in [1.54, 1.807) is 16.4 Å². The summed E-state index contributed by atoms with van der Waals surface area (Å²) in [7, 11) is -1.14. The van der Waals surface area contributed by atoms with Crippen molar-refractivity contribution < 1.29 is 4.74 Å². The van der Waals surface area contributed by atoms with Gasteiger partial charge in [0.25, 0.3) is 0 Å². The predicted octanol–water partition coefficient (Wildman–Crippen LogP) is 3.03. The summed E-state index contributed by atoms with van der Waals surface area (Å²) < 4.78 is 7.40. The average Bonchev–Trinajstić information content (AvgIpc) is 2.85. The average molecular weight is 308 g/mol. The predicted molar refractivity (Wildman–Crippen MR) is 84.4 cm³/mol. The smallest absolute Gasteiger partial charge is 0.213 e. The third-order valence-electron chi connectivity index (χ3n) is 2.47. The Morgan fingerprint density at radius 1 is 1.25 bits per heavy atom. The lowest BCUT2D eigenvalue weighted by molar-refractivity contribution is 0.337. The highest BCUT2D eigenvalue weighted by atomic mass is 32.2. The number of tetrazole rings is 1. The van der Waals surface area contributed by atoms with Crippen molar-refractivity contribution in [3.05, 3.63) is 24.3 Å². The maximum Gasteiger partial charge on any atom is 0.213 e. The lowest BCUT2D eigenvalue weighted by Crippen LogP contribution is -2.24. The molecule has 5 nitrogen and oxygen atoms in total. The number of hydrogen-bond donors (Lipinski definition) is 0. The molecule has 0 aliphatic carbocycles. The summed E-state index contributed by atoms with van der Waals surface area (Å²) in [6.07, 6.45) is 0. The van der Waals surface area contributed by atoms with Crippen LogP contribution >= 0.6 is 11.8 Å². The van der Waals surface area contributed by atoms with E-state index in [9.17, 15) is 0 Å². The molecule has 0 saturated heterocycles. The van der Waals surface area contributed by atoms with E-state index in [0.717, 1.165) is 22.0 Å². The van der Waals surface area contributed by atoms with E-state index >= 15 is 0 Å². The zero-order chi connectivity index (χ0) is 14.6. The van der Waals surface area contributed by atoms with Crippen LogP contribution in [0.15, 0.2) is 29.4 Å². The molecule has 0 bridgehead atoms. The summed E-state index contributed by atoms with van der Waals surface area (Å²) >= 11 is 1.72. The zero-order valence-corrected chi connectivity index (χ0v) is 14.1.